The van der Waals surface area contributed by atoms with Crippen LogP contribution in [0.4, 0.5) is 0 Å². The van der Waals surface area contributed by atoms with E-state index in [0.717, 1.165) is 16.0 Å². The Labute approximate surface area is 219 Å². The third-order valence-electron chi connectivity index (χ3n) is 4.90. The average molecular weight is 551 g/mol. The van der Waals surface area contributed by atoms with E-state index in [1.165, 1.54) is 35.2 Å². The maximum absolute atomic E-state index is 12.9. The van der Waals surface area contributed by atoms with Crippen LogP contribution in [0.3, 0.4) is 0 Å². The summed E-state index contributed by atoms with van der Waals surface area (Å²) in [6.07, 6.45) is 2.43. The van der Waals surface area contributed by atoms with E-state index in [1.54, 1.807) is 29.2 Å². The molecule has 1 fully saturated rings. The maximum atomic E-state index is 12.9. The third-order valence-corrected chi connectivity index (χ3v) is 7.71. The molecule has 0 bridgehead atoms. The minimum atomic E-state index is -0.985. The van der Waals surface area contributed by atoms with Crippen molar-refractivity contribution in [1.82, 2.24) is 4.90 Å². The lowest BCUT2D eigenvalue weighted by molar-refractivity contribution is -0.122. The number of hydrogen-bond acceptors (Lipinski definition) is 6. The number of thioether (sulfide) groups is 1. The van der Waals surface area contributed by atoms with E-state index in [4.69, 9.17) is 45.3 Å². The first-order valence-corrected chi connectivity index (χ1v) is 12.9. The zero-order chi connectivity index (χ0) is 24.2. The summed E-state index contributed by atoms with van der Waals surface area (Å²) in [6, 6.07) is 13.5. The van der Waals surface area contributed by atoms with Gasteiger partial charge in [0, 0.05) is 27.0 Å². The first kappa shape index (κ1) is 24.8. The van der Waals surface area contributed by atoms with Crippen LogP contribution in [0.2, 0.25) is 10.0 Å². The van der Waals surface area contributed by atoms with Gasteiger partial charge >= 0.3 is 5.97 Å². The van der Waals surface area contributed by atoms with Crippen molar-refractivity contribution in [3.8, 4) is 16.9 Å². The average Bonchev–Trinajstić information content (AvgIpc) is 3.36. The zero-order valence-electron chi connectivity index (χ0n) is 17.5. The molecule has 2 aromatic carbocycles. The number of carboxylic acids is 1. The van der Waals surface area contributed by atoms with Crippen LogP contribution < -0.4 is 4.74 Å². The SMILES string of the molecule is O=C(O)c1ccc(OCCCN2C(=O)C(=Cc3cc(-c4ccc(Cl)cc4Cl)cs3)SC2=S)cc1. The fourth-order valence-corrected chi connectivity index (χ4v) is 5.95. The van der Waals surface area contributed by atoms with E-state index in [0.29, 0.717) is 44.6 Å². The fourth-order valence-electron chi connectivity index (χ4n) is 3.22. The molecule has 1 N–H and O–H groups in total. The van der Waals surface area contributed by atoms with Crippen LogP contribution in [0, 0.1) is 0 Å². The Morgan fingerprint density at radius 1 is 1.15 bits per heavy atom. The molecule has 10 heteroatoms. The molecule has 2 heterocycles. The molecule has 1 aliphatic rings. The van der Waals surface area contributed by atoms with Crippen molar-refractivity contribution >= 4 is 80.8 Å². The Balaban J connectivity index is 1.34. The number of benzene rings is 2. The van der Waals surface area contributed by atoms with Crippen LogP contribution in [0.25, 0.3) is 17.2 Å². The molecule has 1 amide bonds. The monoisotopic (exact) mass is 549 g/mol. The number of rotatable bonds is 8. The van der Waals surface area contributed by atoms with Crippen LogP contribution in [-0.4, -0.2) is 39.4 Å². The predicted octanol–water partition coefficient (Wildman–Crippen LogP) is 7.09. The highest BCUT2D eigenvalue weighted by atomic mass is 35.5. The molecular formula is C24H17Cl2NO4S3. The molecule has 0 aliphatic carbocycles. The fraction of sp³-hybridized carbons (Fsp3) is 0.125. The van der Waals surface area contributed by atoms with E-state index < -0.39 is 5.97 Å². The van der Waals surface area contributed by atoms with Gasteiger partial charge in [0.15, 0.2) is 0 Å². The number of nitrogens with zero attached hydrogens (tertiary/aromatic N) is 1. The summed E-state index contributed by atoms with van der Waals surface area (Å²) >= 11 is 20.5. The standard InChI is InChI=1S/C24H17Cl2NO4S3/c25-16-4-7-19(20(26)11-16)15-10-18(33-13-15)12-21-22(28)27(24(32)34-21)8-1-9-31-17-5-2-14(3-6-17)23(29)30/h2-7,10-13H,1,8-9H2,(H,29,30). The highest BCUT2D eigenvalue weighted by Crippen LogP contribution is 2.37. The van der Waals surface area contributed by atoms with Gasteiger partial charge in [-0.05, 0) is 65.9 Å². The molecule has 4 rings (SSSR count). The van der Waals surface area contributed by atoms with Gasteiger partial charge in [0.25, 0.3) is 5.91 Å². The number of carboxylic acid groups (broad SMARTS) is 1. The number of aromatic carboxylic acids is 1. The van der Waals surface area contributed by atoms with Gasteiger partial charge in [0.05, 0.1) is 17.1 Å². The Hall–Kier alpha value is -2.36. The number of carbonyl (C=O) groups is 2. The summed E-state index contributed by atoms with van der Waals surface area (Å²) in [4.78, 5) is 26.9. The van der Waals surface area contributed by atoms with Crippen molar-refractivity contribution in [1.29, 1.82) is 0 Å². The summed E-state index contributed by atoms with van der Waals surface area (Å²) in [6.45, 7) is 0.809. The number of ether oxygens (including phenoxy) is 1. The van der Waals surface area contributed by atoms with Gasteiger partial charge in [0.1, 0.15) is 10.1 Å². The van der Waals surface area contributed by atoms with Crippen molar-refractivity contribution < 1.29 is 19.4 Å². The van der Waals surface area contributed by atoms with Gasteiger partial charge in [-0.3, -0.25) is 9.69 Å². The number of thiocarbonyl (C=S) groups is 1. The lowest BCUT2D eigenvalue weighted by atomic mass is 10.1. The van der Waals surface area contributed by atoms with Gasteiger partial charge in [-0.2, -0.15) is 0 Å². The van der Waals surface area contributed by atoms with Gasteiger partial charge in [-0.1, -0.05) is 53.2 Å². The second kappa shape index (κ2) is 10.9. The van der Waals surface area contributed by atoms with E-state index >= 15 is 0 Å². The van der Waals surface area contributed by atoms with E-state index in [-0.39, 0.29) is 11.5 Å². The molecule has 0 saturated carbocycles. The van der Waals surface area contributed by atoms with Gasteiger partial charge < -0.3 is 9.84 Å². The number of carbonyl (C=O) groups excluding carboxylic acids is 1. The molecule has 0 atom stereocenters. The number of amides is 1. The Morgan fingerprint density at radius 2 is 1.91 bits per heavy atom. The third kappa shape index (κ3) is 5.82. The molecule has 1 saturated heterocycles. The summed E-state index contributed by atoms with van der Waals surface area (Å²) in [5, 5.41) is 12.1. The van der Waals surface area contributed by atoms with Crippen LogP contribution in [0.5, 0.6) is 5.75 Å². The first-order valence-electron chi connectivity index (χ1n) is 10.1. The minimum absolute atomic E-state index is 0.125. The molecule has 5 nitrogen and oxygen atoms in total. The Morgan fingerprint density at radius 3 is 2.62 bits per heavy atom. The first-order chi connectivity index (χ1) is 16.3. The lowest BCUT2D eigenvalue weighted by Crippen LogP contribution is -2.29. The summed E-state index contributed by atoms with van der Waals surface area (Å²) < 4.78 is 6.16. The zero-order valence-corrected chi connectivity index (χ0v) is 21.5. The van der Waals surface area contributed by atoms with Crippen LogP contribution in [0.1, 0.15) is 21.7 Å². The minimum Gasteiger partial charge on any atom is -0.494 e. The number of hydrogen-bond donors (Lipinski definition) is 1. The van der Waals surface area contributed by atoms with Crippen LogP contribution in [-0.2, 0) is 4.79 Å². The Bertz CT molecular complexity index is 1290. The molecule has 0 unspecified atom stereocenters. The molecule has 3 aromatic rings. The molecule has 1 aromatic heterocycles. The van der Waals surface area contributed by atoms with Crippen molar-refractivity contribution in [2.45, 2.75) is 6.42 Å². The molecule has 34 heavy (non-hydrogen) atoms. The van der Waals surface area contributed by atoms with E-state index in [2.05, 4.69) is 0 Å². The van der Waals surface area contributed by atoms with Crippen LogP contribution in [0.15, 0.2) is 58.8 Å². The molecule has 0 spiro atoms. The highest BCUT2D eigenvalue weighted by molar-refractivity contribution is 8.26. The summed E-state index contributed by atoms with van der Waals surface area (Å²) in [7, 11) is 0. The molecule has 174 valence electrons. The quantitative estimate of drug-likeness (QED) is 0.184. The van der Waals surface area contributed by atoms with Crippen molar-refractivity contribution in [2.24, 2.45) is 0 Å². The van der Waals surface area contributed by atoms with Crippen molar-refractivity contribution in [3.63, 3.8) is 0 Å². The topological polar surface area (TPSA) is 66.8 Å². The summed E-state index contributed by atoms with van der Waals surface area (Å²) in [5.41, 5.74) is 2.04. The molecule has 1 aliphatic heterocycles. The second-order valence-corrected chi connectivity index (χ2v) is 10.7. The number of halogens is 2. The van der Waals surface area contributed by atoms with Gasteiger partial charge in [-0.15, -0.1) is 11.3 Å². The highest BCUT2D eigenvalue weighted by Gasteiger charge is 2.31. The van der Waals surface area contributed by atoms with E-state index in [9.17, 15) is 9.59 Å². The number of thiophene rings is 1. The van der Waals surface area contributed by atoms with Gasteiger partial charge in [-0.25, -0.2) is 4.79 Å². The largest absolute Gasteiger partial charge is 0.494 e. The second-order valence-electron chi connectivity index (χ2n) is 7.23. The Kier molecular flexibility index (Phi) is 7.95. The van der Waals surface area contributed by atoms with Crippen molar-refractivity contribution in [3.05, 3.63) is 79.3 Å². The molecule has 0 radical (unpaired) electrons. The molecular weight excluding hydrogens is 533 g/mol. The van der Waals surface area contributed by atoms with E-state index in [1.807, 2.05) is 23.6 Å². The predicted molar refractivity (Wildman–Crippen MR) is 143 cm³/mol. The summed E-state index contributed by atoms with van der Waals surface area (Å²) in [5.74, 6) is -0.536. The lowest BCUT2D eigenvalue weighted by Gasteiger charge is -2.14. The van der Waals surface area contributed by atoms with Crippen LogP contribution >= 0.6 is 58.5 Å². The van der Waals surface area contributed by atoms with Gasteiger partial charge in [0.2, 0.25) is 0 Å². The normalized spacial score (nSPS) is 14.8. The van der Waals surface area contributed by atoms with Crippen molar-refractivity contribution in [2.75, 3.05) is 13.2 Å². The smallest absolute Gasteiger partial charge is 0.335 e. The maximum Gasteiger partial charge on any atom is 0.335 e.